The number of anilines is 1. The van der Waals surface area contributed by atoms with Crippen LogP contribution in [0.15, 0.2) is 12.4 Å². The number of likely N-dealkylation sites (tertiary alicyclic amines) is 1. The minimum Gasteiger partial charge on any atom is -0.336 e. The summed E-state index contributed by atoms with van der Waals surface area (Å²) in [5.41, 5.74) is 0.827. The first kappa shape index (κ1) is 14.9. The van der Waals surface area contributed by atoms with Crippen LogP contribution in [0.5, 0.6) is 0 Å². The number of aromatic nitrogens is 2. The lowest BCUT2D eigenvalue weighted by Gasteiger charge is -2.39. The number of urea groups is 1. The Balaban J connectivity index is 1.81. The summed E-state index contributed by atoms with van der Waals surface area (Å²) in [5, 5.41) is 7.12. The molecule has 0 unspecified atom stereocenters. The van der Waals surface area contributed by atoms with Gasteiger partial charge in [0.2, 0.25) is 5.91 Å². The molecular weight excluding hydrogens is 282 g/mol. The molecule has 7 nitrogen and oxygen atoms in total. The van der Waals surface area contributed by atoms with Crippen LogP contribution in [0.25, 0.3) is 0 Å². The van der Waals surface area contributed by atoms with Gasteiger partial charge in [-0.05, 0) is 26.7 Å². The van der Waals surface area contributed by atoms with Gasteiger partial charge in [0, 0.05) is 32.3 Å². The summed E-state index contributed by atoms with van der Waals surface area (Å²) in [5.74, 6) is 0.125. The van der Waals surface area contributed by atoms with Crippen molar-refractivity contribution in [1.29, 1.82) is 0 Å². The number of carbonyl (C=O) groups excluding carboxylic acids is 2. The van der Waals surface area contributed by atoms with Crippen LogP contribution in [0.1, 0.15) is 33.1 Å². The molecule has 0 radical (unpaired) electrons. The first-order valence-corrected chi connectivity index (χ1v) is 7.85. The van der Waals surface area contributed by atoms with E-state index >= 15 is 0 Å². The second kappa shape index (κ2) is 5.62. The molecule has 0 saturated carbocycles. The average molecular weight is 305 g/mol. The Morgan fingerprint density at radius 3 is 2.77 bits per heavy atom. The number of nitrogens with one attached hydrogen (secondary N) is 1. The van der Waals surface area contributed by atoms with Crippen LogP contribution in [0.3, 0.4) is 0 Å². The van der Waals surface area contributed by atoms with Crippen molar-refractivity contribution in [1.82, 2.24) is 20.0 Å². The van der Waals surface area contributed by atoms with Gasteiger partial charge in [-0.2, -0.15) is 5.10 Å². The monoisotopic (exact) mass is 305 g/mol. The lowest BCUT2D eigenvalue weighted by molar-refractivity contribution is -0.120. The van der Waals surface area contributed by atoms with E-state index in [1.165, 1.54) is 0 Å². The van der Waals surface area contributed by atoms with E-state index in [-0.39, 0.29) is 30.1 Å². The number of carbonyl (C=O) groups is 2. The fraction of sp³-hybridized carbons (Fsp3) is 0.667. The molecular formula is C15H23N5O2. The van der Waals surface area contributed by atoms with E-state index in [0.29, 0.717) is 13.0 Å². The molecule has 1 N–H and O–H groups in total. The van der Waals surface area contributed by atoms with Gasteiger partial charge in [0.25, 0.3) is 0 Å². The van der Waals surface area contributed by atoms with Crippen molar-refractivity contribution >= 4 is 17.6 Å². The number of piperidine rings is 1. The SMILES string of the molecule is CC(C)NC(=O)N1CC[C@@H]2[C@H]1CCC(=O)N2c1cnn(C)c1. The van der Waals surface area contributed by atoms with Crippen molar-refractivity contribution in [2.24, 2.45) is 7.05 Å². The molecule has 2 fully saturated rings. The van der Waals surface area contributed by atoms with E-state index in [2.05, 4.69) is 10.4 Å². The second-order valence-electron chi connectivity index (χ2n) is 6.40. The van der Waals surface area contributed by atoms with E-state index in [4.69, 9.17) is 0 Å². The Morgan fingerprint density at radius 1 is 1.36 bits per heavy atom. The van der Waals surface area contributed by atoms with Gasteiger partial charge in [-0.3, -0.25) is 9.48 Å². The third-order valence-corrected chi connectivity index (χ3v) is 4.41. The molecule has 120 valence electrons. The summed E-state index contributed by atoms with van der Waals surface area (Å²) in [6.45, 7) is 4.60. The van der Waals surface area contributed by atoms with E-state index < -0.39 is 0 Å². The first-order valence-electron chi connectivity index (χ1n) is 7.85. The summed E-state index contributed by atoms with van der Waals surface area (Å²) in [6.07, 6.45) is 5.61. The smallest absolute Gasteiger partial charge is 0.317 e. The minimum atomic E-state index is -0.0250. The molecule has 3 heterocycles. The number of fused-ring (bicyclic) bond motifs is 1. The van der Waals surface area contributed by atoms with Crippen molar-refractivity contribution in [3.05, 3.63) is 12.4 Å². The Bertz CT molecular complexity index is 582. The van der Waals surface area contributed by atoms with Crippen LogP contribution in [-0.4, -0.2) is 51.3 Å². The van der Waals surface area contributed by atoms with Gasteiger partial charge in [-0.1, -0.05) is 0 Å². The first-order chi connectivity index (χ1) is 10.5. The molecule has 0 spiro atoms. The zero-order valence-corrected chi connectivity index (χ0v) is 13.3. The second-order valence-corrected chi connectivity index (χ2v) is 6.40. The molecule has 0 aliphatic carbocycles. The predicted octanol–water partition coefficient (Wildman–Crippen LogP) is 1.11. The minimum absolute atomic E-state index is 0.0250. The van der Waals surface area contributed by atoms with Crippen molar-refractivity contribution in [2.75, 3.05) is 11.4 Å². The Morgan fingerprint density at radius 2 is 2.14 bits per heavy atom. The molecule has 2 aliphatic heterocycles. The van der Waals surface area contributed by atoms with Crippen molar-refractivity contribution in [3.8, 4) is 0 Å². The molecule has 1 aromatic rings. The van der Waals surface area contributed by atoms with E-state index in [1.807, 2.05) is 36.9 Å². The predicted molar refractivity (Wildman–Crippen MR) is 82.5 cm³/mol. The fourth-order valence-corrected chi connectivity index (χ4v) is 3.51. The van der Waals surface area contributed by atoms with Gasteiger partial charge in [0.05, 0.1) is 24.0 Å². The number of rotatable bonds is 2. The molecule has 2 aliphatic rings. The number of aryl methyl sites for hydroxylation is 1. The quantitative estimate of drug-likeness (QED) is 0.889. The maximum Gasteiger partial charge on any atom is 0.317 e. The average Bonchev–Trinajstić information content (AvgIpc) is 3.04. The molecule has 3 rings (SSSR count). The normalized spacial score (nSPS) is 24.8. The maximum absolute atomic E-state index is 12.4. The van der Waals surface area contributed by atoms with Crippen molar-refractivity contribution < 1.29 is 9.59 Å². The van der Waals surface area contributed by atoms with Gasteiger partial charge in [-0.25, -0.2) is 4.79 Å². The van der Waals surface area contributed by atoms with Crippen LogP contribution in [0.4, 0.5) is 10.5 Å². The highest BCUT2D eigenvalue weighted by atomic mass is 16.2. The molecule has 2 saturated heterocycles. The summed E-state index contributed by atoms with van der Waals surface area (Å²) >= 11 is 0. The fourth-order valence-electron chi connectivity index (χ4n) is 3.51. The summed E-state index contributed by atoms with van der Waals surface area (Å²) < 4.78 is 1.70. The highest BCUT2D eigenvalue weighted by molar-refractivity contribution is 5.95. The van der Waals surface area contributed by atoms with Gasteiger partial charge >= 0.3 is 6.03 Å². The summed E-state index contributed by atoms with van der Waals surface area (Å²) in [4.78, 5) is 28.4. The van der Waals surface area contributed by atoms with E-state index in [1.54, 1.807) is 10.9 Å². The van der Waals surface area contributed by atoms with Crippen LogP contribution < -0.4 is 10.2 Å². The molecule has 0 bridgehead atoms. The summed E-state index contributed by atoms with van der Waals surface area (Å²) in [6, 6.07) is 0.245. The van der Waals surface area contributed by atoms with Gasteiger partial charge in [0.1, 0.15) is 0 Å². The highest BCUT2D eigenvalue weighted by Crippen LogP contribution is 2.34. The third kappa shape index (κ3) is 2.55. The zero-order chi connectivity index (χ0) is 15.9. The molecule has 3 amide bonds. The Kier molecular flexibility index (Phi) is 3.80. The Hall–Kier alpha value is -2.05. The van der Waals surface area contributed by atoms with E-state index in [9.17, 15) is 9.59 Å². The Labute approximate surface area is 130 Å². The van der Waals surface area contributed by atoms with Crippen LogP contribution in [-0.2, 0) is 11.8 Å². The van der Waals surface area contributed by atoms with Crippen LogP contribution in [0, 0.1) is 0 Å². The van der Waals surface area contributed by atoms with Crippen LogP contribution >= 0.6 is 0 Å². The molecule has 2 atom stereocenters. The number of nitrogens with zero attached hydrogens (tertiary/aromatic N) is 4. The standard InChI is InChI=1S/C15H23N5O2/c1-10(2)17-15(22)19-7-6-13-12(19)4-5-14(21)20(13)11-8-16-18(3)9-11/h8-10,12-13H,4-7H2,1-3H3,(H,17,22)/t12-,13-/m1/s1. The number of hydrogen-bond acceptors (Lipinski definition) is 3. The topological polar surface area (TPSA) is 70.5 Å². The highest BCUT2D eigenvalue weighted by Gasteiger charge is 2.45. The molecule has 22 heavy (non-hydrogen) atoms. The lowest BCUT2D eigenvalue weighted by Crippen LogP contribution is -2.55. The largest absolute Gasteiger partial charge is 0.336 e. The summed E-state index contributed by atoms with van der Waals surface area (Å²) in [7, 11) is 1.84. The lowest BCUT2D eigenvalue weighted by atomic mass is 9.96. The third-order valence-electron chi connectivity index (χ3n) is 4.41. The molecule has 0 aromatic carbocycles. The van der Waals surface area contributed by atoms with Crippen molar-refractivity contribution in [2.45, 2.75) is 51.2 Å². The van der Waals surface area contributed by atoms with E-state index in [0.717, 1.165) is 18.5 Å². The molecule has 1 aromatic heterocycles. The maximum atomic E-state index is 12.4. The van der Waals surface area contributed by atoms with Crippen molar-refractivity contribution in [3.63, 3.8) is 0 Å². The molecule has 7 heteroatoms. The van der Waals surface area contributed by atoms with Gasteiger partial charge < -0.3 is 15.1 Å². The van der Waals surface area contributed by atoms with Crippen LogP contribution in [0.2, 0.25) is 0 Å². The number of hydrogen-bond donors (Lipinski definition) is 1. The zero-order valence-electron chi connectivity index (χ0n) is 13.3. The van der Waals surface area contributed by atoms with Gasteiger partial charge in [0.15, 0.2) is 0 Å². The van der Waals surface area contributed by atoms with Gasteiger partial charge in [-0.15, -0.1) is 0 Å². The number of amides is 3.